The molecule has 1 N–H and O–H groups in total. The molecule has 1 aliphatic rings. The van der Waals surface area contributed by atoms with Crippen molar-refractivity contribution in [3.05, 3.63) is 86.1 Å². The van der Waals surface area contributed by atoms with E-state index in [4.69, 9.17) is 13.6 Å². The summed E-state index contributed by atoms with van der Waals surface area (Å²) >= 11 is 0. The van der Waals surface area contributed by atoms with Gasteiger partial charge in [-0.1, -0.05) is 18.2 Å². The molecule has 0 fully saturated rings. The maximum Gasteiger partial charge on any atom is 0.344 e. The number of hydrogen-bond donors (Lipinski definition) is 1. The molecule has 144 valence electrons. The average molecular weight is 388 g/mol. The first-order chi connectivity index (χ1) is 13.9. The van der Waals surface area contributed by atoms with E-state index in [-0.39, 0.29) is 22.5 Å². The van der Waals surface area contributed by atoms with Crippen LogP contribution in [-0.4, -0.2) is 5.11 Å². The van der Waals surface area contributed by atoms with Gasteiger partial charge < -0.3 is 18.7 Å². The lowest BCUT2D eigenvalue weighted by molar-refractivity contribution is -0.0231. The van der Waals surface area contributed by atoms with Gasteiger partial charge in [0.15, 0.2) is 5.76 Å². The van der Waals surface area contributed by atoms with E-state index in [9.17, 15) is 14.7 Å². The summed E-state index contributed by atoms with van der Waals surface area (Å²) in [5, 5.41) is 11.2. The van der Waals surface area contributed by atoms with Crippen LogP contribution in [0.4, 0.5) is 0 Å². The number of hydrogen-bond acceptors (Lipinski definition) is 6. The van der Waals surface area contributed by atoms with Gasteiger partial charge >= 0.3 is 11.3 Å². The molecule has 0 spiro atoms. The van der Waals surface area contributed by atoms with Gasteiger partial charge in [0.05, 0.1) is 22.3 Å². The lowest BCUT2D eigenvalue weighted by atomic mass is 9.96. The van der Waals surface area contributed by atoms with Crippen LogP contribution in [-0.2, 0) is 0 Å². The molecule has 0 saturated carbocycles. The van der Waals surface area contributed by atoms with Gasteiger partial charge in [-0.2, -0.15) is 0 Å². The lowest BCUT2D eigenvalue weighted by Gasteiger charge is -2.25. The van der Waals surface area contributed by atoms with E-state index < -0.39 is 17.5 Å². The summed E-state index contributed by atoms with van der Waals surface area (Å²) < 4.78 is 16.5. The van der Waals surface area contributed by atoms with E-state index >= 15 is 0 Å². The van der Waals surface area contributed by atoms with Crippen LogP contribution in [0.15, 0.2) is 67.0 Å². The van der Waals surface area contributed by atoms with Crippen LogP contribution in [0.3, 0.4) is 0 Å². The first-order valence-corrected chi connectivity index (χ1v) is 9.10. The summed E-state index contributed by atoms with van der Waals surface area (Å²) in [6, 6.07) is 13.7. The van der Waals surface area contributed by atoms with Crippen LogP contribution < -0.4 is 16.0 Å². The molecule has 0 amide bonds. The second-order valence-electron chi connectivity index (χ2n) is 7.12. The highest BCUT2D eigenvalue weighted by molar-refractivity contribution is 5.82. The van der Waals surface area contributed by atoms with E-state index in [0.29, 0.717) is 22.3 Å². The number of aliphatic hydroxyl groups is 1. The molecule has 4 aromatic rings. The zero-order valence-corrected chi connectivity index (χ0v) is 15.7. The van der Waals surface area contributed by atoms with Crippen LogP contribution in [0.25, 0.3) is 33.4 Å². The summed E-state index contributed by atoms with van der Waals surface area (Å²) in [6.45, 7) is 3.87. The highest BCUT2D eigenvalue weighted by Gasteiger charge is 2.29. The lowest BCUT2D eigenvalue weighted by Crippen LogP contribution is -2.18. The molecule has 2 aromatic heterocycles. The number of aliphatic hydroxyl groups excluding tert-OH is 1. The molecule has 0 bridgehead atoms. The second-order valence-corrected chi connectivity index (χ2v) is 7.12. The van der Waals surface area contributed by atoms with Crippen LogP contribution in [0, 0.1) is 13.8 Å². The Kier molecular flexibility index (Phi) is 3.72. The number of ether oxygens (including phenoxy) is 1. The molecule has 2 aromatic carbocycles. The topological polar surface area (TPSA) is 89.9 Å². The van der Waals surface area contributed by atoms with Crippen molar-refractivity contribution in [2.45, 2.75) is 20.1 Å². The van der Waals surface area contributed by atoms with Gasteiger partial charge in [0.25, 0.3) is 0 Å². The molecule has 6 heteroatoms. The smallest absolute Gasteiger partial charge is 0.344 e. The summed E-state index contributed by atoms with van der Waals surface area (Å²) in [5.41, 5.74) is 2.01. The van der Waals surface area contributed by atoms with Crippen molar-refractivity contribution in [2.24, 2.45) is 0 Å². The Hall–Kier alpha value is -3.64. The maximum absolute atomic E-state index is 12.8. The third-order valence-corrected chi connectivity index (χ3v) is 5.25. The monoisotopic (exact) mass is 388 g/mol. The largest absolute Gasteiger partial charge is 0.460 e. The summed E-state index contributed by atoms with van der Waals surface area (Å²) in [4.78, 5) is 25.3. The Morgan fingerprint density at radius 2 is 1.52 bits per heavy atom. The summed E-state index contributed by atoms with van der Waals surface area (Å²) in [6.07, 6.45) is -1.32. The third-order valence-electron chi connectivity index (χ3n) is 5.25. The van der Waals surface area contributed by atoms with Crippen molar-refractivity contribution < 1.29 is 18.7 Å². The molecule has 0 saturated heterocycles. The first kappa shape index (κ1) is 17.5. The Balaban J connectivity index is 1.76. The van der Waals surface area contributed by atoms with E-state index in [2.05, 4.69) is 0 Å². The van der Waals surface area contributed by atoms with Crippen LogP contribution in [0.5, 0.6) is 5.75 Å². The fourth-order valence-electron chi connectivity index (χ4n) is 3.57. The number of rotatable bonds is 1. The SMILES string of the molecule is Cc1cc2c(cc1C)-c1oc(=O)c(-c3cc4ccccc4oc3=O)cc1C(O)O2. The van der Waals surface area contributed by atoms with Gasteiger partial charge in [-0.3, -0.25) is 0 Å². The molecule has 1 atom stereocenters. The van der Waals surface area contributed by atoms with Crippen LogP contribution in [0.1, 0.15) is 23.0 Å². The van der Waals surface area contributed by atoms with Crippen molar-refractivity contribution >= 4 is 11.0 Å². The average Bonchev–Trinajstić information content (AvgIpc) is 2.69. The number of aryl methyl sites for hydroxylation is 2. The fourth-order valence-corrected chi connectivity index (χ4v) is 3.57. The highest BCUT2D eigenvalue weighted by atomic mass is 16.6. The Morgan fingerprint density at radius 3 is 2.34 bits per heavy atom. The zero-order valence-electron chi connectivity index (χ0n) is 15.7. The van der Waals surface area contributed by atoms with Crippen molar-refractivity contribution in [2.75, 3.05) is 0 Å². The van der Waals surface area contributed by atoms with Crippen molar-refractivity contribution in [3.8, 4) is 28.2 Å². The molecule has 6 nitrogen and oxygen atoms in total. The molecular weight excluding hydrogens is 372 g/mol. The van der Waals surface area contributed by atoms with Crippen LogP contribution in [0.2, 0.25) is 0 Å². The molecule has 29 heavy (non-hydrogen) atoms. The number of benzene rings is 2. The quantitative estimate of drug-likeness (QED) is 0.494. The highest BCUT2D eigenvalue weighted by Crippen LogP contribution is 2.43. The van der Waals surface area contributed by atoms with E-state index in [1.807, 2.05) is 19.9 Å². The van der Waals surface area contributed by atoms with Gasteiger partial charge in [0.1, 0.15) is 11.3 Å². The number of para-hydroxylation sites is 1. The predicted octanol–water partition coefficient (Wildman–Crippen LogP) is 4.08. The van der Waals surface area contributed by atoms with Crippen molar-refractivity contribution in [3.63, 3.8) is 0 Å². The Morgan fingerprint density at radius 1 is 0.828 bits per heavy atom. The third kappa shape index (κ3) is 2.68. The zero-order chi connectivity index (χ0) is 20.3. The van der Waals surface area contributed by atoms with Gasteiger partial charge in [-0.25, -0.2) is 9.59 Å². The van der Waals surface area contributed by atoms with E-state index in [0.717, 1.165) is 11.1 Å². The predicted molar refractivity (Wildman–Crippen MR) is 107 cm³/mol. The molecule has 1 aliphatic heterocycles. The molecule has 0 aliphatic carbocycles. The van der Waals surface area contributed by atoms with Gasteiger partial charge in [-0.15, -0.1) is 0 Å². The molecule has 5 rings (SSSR count). The minimum Gasteiger partial charge on any atom is -0.460 e. The fraction of sp³-hybridized carbons (Fsp3) is 0.130. The number of fused-ring (bicyclic) bond motifs is 4. The van der Waals surface area contributed by atoms with Gasteiger partial charge in [0, 0.05) is 5.39 Å². The Labute approximate surface area is 164 Å². The molecular formula is C23H16O6. The minimum absolute atomic E-state index is 0.0122. The van der Waals surface area contributed by atoms with Crippen molar-refractivity contribution in [1.29, 1.82) is 0 Å². The molecule has 1 unspecified atom stereocenters. The molecule has 3 heterocycles. The van der Waals surface area contributed by atoms with E-state index in [1.165, 1.54) is 6.07 Å². The van der Waals surface area contributed by atoms with Gasteiger partial charge in [0.2, 0.25) is 6.29 Å². The van der Waals surface area contributed by atoms with Crippen LogP contribution >= 0.6 is 0 Å². The normalized spacial score (nSPS) is 14.9. The maximum atomic E-state index is 12.8. The first-order valence-electron chi connectivity index (χ1n) is 9.10. The molecule has 0 radical (unpaired) electrons. The minimum atomic E-state index is -1.32. The van der Waals surface area contributed by atoms with Crippen molar-refractivity contribution in [1.82, 2.24) is 0 Å². The Bertz CT molecular complexity index is 1410. The standard InChI is InChI=1S/C23H16O6/c1-11-7-16-19(8-12(11)2)28-23(26)17-10-15(22(25)29-20(16)17)14-9-13-5-3-4-6-18(13)27-21(14)24/h3-10,23,26H,1-2H3. The van der Waals surface area contributed by atoms with E-state index in [1.54, 1.807) is 36.4 Å². The summed E-state index contributed by atoms with van der Waals surface area (Å²) in [5.74, 6) is 0.676. The summed E-state index contributed by atoms with van der Waals surface area (Å²) in [7, 11) is 0. The second kappa shape index (κ2) is 6.18. The van der Waals surface area contributed by atoms with Gasteiger partial charge in [-0.05, 0) is 55.3 Å².